The summed E-state index contributed by atoms with van der Waals surface area (Å²) in [5, 5.41) is 4.94. The Morgan fingerprint density at radius 1 is 1.25 bits per heavy atom. The zero-order valence-electron chi connectivity index (χ0n) is 10.9. The topological polar surface area (TPSA) is 32.3 Å². The van der Waals surface area contributed by atoms with Gasteiger partial charge in [-0.05, 0) is 53.6 Å². The quantitative estimate of drug-likeness (QED) is 0.786. The van der Waals surface area contributed by atoms with E-state index < -0.39 is 0 Å². The number of carbonyl (C=O) groups is 1. The van der Waals surface area contributed by atoms with Crippen LogP contribution in [0.3, 0.4) is 0 Å². The first-order chi connectivity index (χ1) is 9.74. The van der Waals surface area contributed by atoms with Crippen molar-refractivity contribution in [1.82, 2.24) is 0 Å². The number of nitrogens with zero attached hydrogens (tertiary/aromatic N) is 1. The monoisotopic (exact) mass is 398 g/mol. The van der Waals surface area contributed by atoms with E-state index >= 15 is 0 Å². The summed E-state index contributed by atoms with van der Waals surface area (Å²) < 4.78 is 1.13. The molecule has 0 unspecified atom stereocenters. The zero-order chi connectivity index (χ0) is 13.9. The number of hydrogen-bond donors (Lipinski definition) is 1. The third kappa shape index (κ3) is 2.98. The second-order valence-corrected chi connectivity index (χ2v) is 7.61. The van der Waals surface area contributed by atoms with Crippen LogP contribution in [0.1, 0.15) is 23.2 Å². The first-order valence-corrected chi connectivity index (χ1v) is 8.59. The number of anilines is 2. The van der Waals surface area contributed by atoms with Gasteiger partial charge in [0.15, 0.2) is 0 Å². The molecule has 1 N–H and O–H groups in total. The standard InChI is InChI=1S/C15H15IN2OS/c16-14-9-11(10-20-14)15(19)17-12-5-1-2-6-13(12)18-7-3-4-8-18/h1-2,5-6,9-10H,3-4,7-8H2,(H,17,19). The van der Waals surface area contributed by atoms with Crippen LogP contribution in [0, 0.1) is 2.88 Å². The summed E-state index contributed by atoms with van der Waals surface area (Å²) >= 11 is 3.82. The van der Waals surface area contributed by atoms with E-state index in [0.717, 1.165) is 32.9 Å². The smallest absolute Gasteiger partial charge is 0.256 e. The van der Waals surface area contributed by atoms with E-state index in [1.54, 1.807) is 11.3 Å². The lowest BCUT2D eigenvalue weighted by molar-refractivity contribution is 0.102. The van der Waals surface area contributed by atoms with Crippen molar-refractivity contribution >= 4 is 51.2 Å². The number of carbonyl (C=O) groups excluding carboxylic acids is 1. The summed E-state index contributed by atoms with van der Waals surface area (Å²) in [6, 6.07) is 9.96. The van der Waals surface area contributed by atoms with Gasteiger partial charge in [0.2, 0.25) is 0 Å². The molecular formula is C15H15IN2OS. The number of nitrogens with one attached hydrogen (secondary N) is 1. The number of rotatable bonds is 3. The molecule has 1 saturated heterocycles. The molecule has 20 heavy (non-hydrogen) atoms. The lowest BCUT2D eigenvalue weighted by Gasteiger charge is -2.21. The zero-order valence-corrected chi connectivity index (χ0v) is 13.9. The molecule has 3 rings (SSSR count). The second-order valence-electron chi connectivity index (χ2n) is 4.80. The molecule has 1 amide bonds. The maximum Gasteiger partial charge on any atom is 0.256 e. The molecule has 0 radical (unpaired) electrons. The normalized spacial score (nSPS) is 14.6. The van der Waals surface area contributed by atoms with Crippen LogP contribution in [0.2, 0.25) is 0 Å². The first kappa shape index (κ1) is 13.9. The lowest BCUT2D eigenvalue weighted by atomic mass is 10.2. The van der Waals surface area contributed by atoms with Gasteiger partial charge in [0.1, 0.15) is 0 Å². The molecule has 2 aromatic rings. The summed E-state index contributed by atoms with van der Waals surface area (Å²) in [6.45, 7) is 2.15. The number of amides is 1. The molecule has 0 bridgehead atoms. The van der Waals surface area contributed by atoms with Crippen LogP contribution in [0.15, 0.2) is 35.7 Å². The van der Waals surface area contributed by atoms with E-state index in [1.807, 2.05) is 29.6 Å². The molecule has 0 aliphatic carbocycles. The predicted octanol–water partition coefficient (Wildman–Crippen LogP) is 4.21. The van der Waals surface area contributed by atoms with Crippen molar-refractivity contribution in [1.29, 1.82) is 0 Å². The van der Waals surface area contributed by atoms with E-state index in [9.17, 15) is 4.79 Å². The van der Waals surface area contributed by atoms with Gasteiger partial charge in [-0.2, -0.15) is 0 Å². The molecule has 1 aromatic heterocycles. The second kappa shape index (κ2) is 6.13. The Hall–Kier alpha value is -1.08. The van der Waals surface area contributed by atoms with Crippen LogP contribution in [0.5, 0.6) is 0 Å². The Balaban J connectivity index is 1.81. The molecule has 1 aliphatic rings. The number of para-hydroxylation sites is 2. The Labute approximate surface area is 136 Å². The van der Waals surface area contributed by atoms with Crippen molar-refractivity contribution in [3.63, 3.8) is 0 Å². The van der Waals surface area contributed by atoms with E-state index in [1.165, 1.54) is 12.8 Å². The number of halogens is 1. The molecule has 1 fully saturated rings. The van der Waals surface area contributed by atoms with E-state index in [0.29, 0.717) is 0 Å². The van der Waals surface area contributed by atoms with Crippen LogP contribution in [-0.4, -0.2) is 19.0 Å². The van der Waals surface area contributed by atoms with Gasteiger partial charge in [-0.3, -0.25) is 4.79 Å². The number of thiophene rings is 1. The van der Waals surface area contributed by atoms with Crippen molar-refractivity contribution in [2.24, 2.45) is 0 Å². The fraction of sp³-hybridized carbons (Fsp3) is 0.267. The third-order valence-electron chi connectivity index (χ3n) is 3.43. The van der Waals surface area contributed by atoms with Gasteiger partial charge in [0.25, 0.3) is 5.91 Å². The minimum Gasteiger partial charge on any atom is -0.370 e. The highest BCUT2D eigenvalue weighted by atomic mass is 127. The minimum absolute atomic E-state index is 0.0317. The Kier molecular flexibility index (Phi) is 4.26. The Morgan fingerprint density at radius 2 is 2.00 bits per heavy atom. The number of benzene rings is 1. The molecular weight excluding hydrogens is 383 g/mol. The van der Waals surface area contributed by atoms with Gasteiger partial charge >= 0.3 is 0 Å². The molecule has 104 valence electrons. The van der Waals surface area contributed by atoms with Crippen molar-refractivity contribution in [3.8, 4) is 0 Å². The van der Waals surface area contributed by atoms with Crippen molar-refractivity contribution in [2.75, 3.05) is 23.3 Å². The SMILES string of the molecule is O=C(Nc1ccccc1N1CCCC1)c1csc(I)c1. The van der Waals surface area contributed by atoms with Crippen molar-refractivity contribution in [2.45, 2.75) is 12.8 Å². The van der Waals surface area contributed by atoms with Gasteiger partial charge in [-0.25, -0.2) is 0 Å². The van der Waals surface area contributed by atoms with E-state index in [4.69, 9.17) is 0 Å². The maximum atomic E-state index is 12.3. The highest BCUT2D eigenvalue weighted by Crippen LogP contribution is 2.29. The van der Waals surface area contributed by atoms with Crippen LogP contribution < -0.4 is 10.2 Å². The summed E-state index contributed by atoms with van der Waals surface area (Å²) in [6.07, 6.45) is 2.45. The van der Waals surface area contributed by atoms with Crippen LogP contribution in [0.25, 0.3) is 0 Å². The summed E-state index contributed by atoms with van der Waals surface area (Å²) in [5.41, 5.74) is 2.76. The molecule has 1 aromatic carbocycles. The molecule has 1 aliphatic heterocycles. The highest BCUT2D eigenvalue weighted by Gasteiger charge is 2.17. The molecule has 0 atom stereocenters. The van der Waals surface area contributed by atoms with Crippen LogP contribution in [-0.2, 0) is 0 Å². The number of hydrogen-bond acceptors (Lipinski definition) is 3. The molecule has 2 heterocycles. The van der Waals surface area contributed by atoms with Crippen molar-refractivity contribution < 1.29 is 4.79 Å². The van der Waals surface area contributed by atoms with Gasteiger partial charge in [0.05, 0.1) is 19.8 Å². The Bertz CT molecular complexity index is 620. The molecule has 5 heteroatoms. The van der Waals surface area contributed by atoms with Gasteiger partial charge < -0.3 is 10.2 Å². The fourth-order valence-electron chi connectivity index (χ4n) is 2.44. The summed E-state index contributed by atoms with van der Waals surface area (Å²) in [4.78, 5) is 14.6. The minimum atomic E-state index is -0.0317. The molecule has 3 nitrogen and oxygen atoms in total. The van der Waals surface area contributed by atoms with Crippen LogP contribution in [0.4, 0.5) is 11.4 Å². The maximum absolute atomic E-state index is 12.3. The largest absolute Gasteiger partial charge is 0.370 e. The predicted molar refractivity (Wildman–Crippen MR) is 92.9 cm³/mol. The first-order valence-electron chi connectivity index (χ1n) is 6.63. The van der Waals surface area contributed by atoms with Gasteiger partial charge in [0, 0.05) is 18.5 Å². The van der Waals surface area contributed by atoms with Crippen LogP contribution >= 0.6 is 33.9 Å². The summed E-state index contributed by atoms with van der Waals surface area (Å²) in [5.74, 6) is -0.0317. The average molecular weight is 398 g/mol. The summed E-state index contributed by atoms with van der Waals surface area (Å²) in [7, 11) is 0. The fourth-order valence-corrected chi connectivity index (χ4v) is 3.76. The lowest BCUT2D eigenvalue weighted by Crippen LogP contribution is -2.20. The van der Waals surface area contributed by atoms with Crippen molar-refractivity contribution in [3.05, 3.63) is 44.2 Å². The third-order valence-corrected chi connectivity index (χ3v) is 5.22. The Morgan fingerprint density at radius 3 is 2.70 bits per heavy atom. The van der Waals surface area contributed by atoms with E-state index in [-0.39, 0.29) is 5.91 Å². The average Bonchev–Trinajstić information content (AvgIpc) is 3.10. The van der Waals surface area contributed by atoms with Gasteiger partial charge in [-0.15, -0.1) is 11.3 Å². The van der Waals surface area contributed by atoms with E-state index in [2.05, 4.69) is 38.9 Å². The highest BCUT2D eigenvalue weighted by molar-refractivity contribution is 14.1. The van der Waals surface area contributed by atoms with Gasteiger partial charge in [-0.1, -0.05) is 12.1 Å². The molecule has 0 saturated carbocycles. The molecule has 0 spiro atoms.